The summed E-state index contributed by atoms with van der Waals surface area (Å²) in [5.74, 6) is 1.36. The molecule has 2 aliphatic rings. The number of hydrogen-bond donors (Lipinski definition) is 0. The Hall–Kier alpha value is -2.29. The summed E-state index contributed by atoms with van der Waals surface area (Å²) in [6.07, 6.45) is 2.79. The number of nitrogens with zero attached hydrogens (tertiary/aromatic N) is 2. The van der Waals surface area contributed by atoms with E-state index in [1.165, 1.54) is 16.4 Å². The number of amides is 1. The van der Waals surface area contributed by atoms with Crippen molar-refractivity contribution in [3.8, 4) is 11.5 Å². The molecule has 33 heavy (non-hydrogen) atoms. The number of carbonyl (C=O) groups excluding carboxylic acids is 1. The molecule has 1 amide bonds. The minimum atomic E-state index is -3.60. The molecule has 0 N–H and O–H groups in total. The number of hydrogen-bond acceptors (Lipinski definition) is 5. The van der Waals surface area contributed by atoms with Gasteiger partial charge in [0.15, 0.2) is 0 Å². The molecular weight excluding hydrogens is 464 g/mol. The van der Waals surface area contributed by atoms with Crippen molar-refractivity contribution in [3.63, 3.8) is 0 Å². The zero-order valence-electron chi connectivity index (χ0n) is 18.9. The number of halogens is 1. The molecule has 0 unspecified atom stereocenters. The maximum atomic E-state index is 13.5. The summed E-state index contributed by atoms with van der Waals surface area (Å²) in [4.78, 5) is 15.6. The van der Waals surface area contributed by atoms with Crippen molar-refractivity contribution in [1.29, 1.82) is 0 Å². The van der Waals surface area contributed by atoms with Crippen molar-refractivity contribution < 1.29 is 22.7 Å². The van der Waals surface area contributed by atoms with Gasteiger partial charge in [0.05, 0.1) is 25.2 Å². The van der Waals surface area contributed by atoms with Gasteiger partial charge in [0.25, 0.3) is 0 Å². The number of methoxy groups -OCH3 is 2. The fourth-order valence-corrected chi connectivity index (χ4v) is 6.38. The maximum absolute atomic E-state index is 13.5. The molecule has 7 nitrogen and oxygen atoms in total. The van der Waals surface area contributed by atoms with Gasteiger partial charge < -0.3 is 14.4 Å². The van der Waals surface area contributed by atoms with Crippen LogP contribution in [0.3, 0.4) is 0 Å². The van der Waals surface area contributed by atoms with Crippen LogP contribution in [-0.4, -0.2) is 57.4 Å². The van der Waals surface area contributed by atoms with E-state index >= 15 is 0 Å². The molecule has 0 aliphatic carbocycles. The summed E-state index contributed by atoms with van der Waals surface area (Å²) in [6, 6.07) is 11.8. The Balaban J connectivity index is 1.46. The van der Waals surface area contributed by atoms with Crippen LogP contribution in [0.1, 0.15) is 37.3 Å². The van der Waals surface area contributed by atoms with Crippen LogP contribution in [0.15, 0.2) is 47.4 Å². The summed E-state index contributed by atoms with van der Waals surface area (Å²) in [5.41, 5.74) is 0.949. The second-order valence-corrected chi connectivity index (χ2v) is 10.8. The molecule has 2 saturated heterocycles. The van der Waals surface area contributed by atoms with Crippen LogP contribution in [0.5, 0.6) is 11.5 Å². The van der Waals surface area contributed by atoms with Gasteiger partial charge in [-0.2, -0.15) is 4.31 Å². The molecule has 4 rings (SSSR count). The van der Waals surface area contributed by atoms with Crippen LogP contribution in [0.25, 0.3) is 0 Å². The summed E-state index contributed by atoms with van der Waals surface area (Å²) >= 11 is 5.89. The van der Waals surface area contributed by atoms with Crippen LogP contribution in [0.2, 0.25) is 5.02 Å². The Morgan fingerprint density at radius 3 is 2.30 bits per heavy atom. The maximum Gasteiger partial charge on any atom is 0.243 e. The highest BCUT2D eigenvalue weighted by molar-refractivity contribution is 7.89. The molecule has 2 aliphatic heterocycles. The third kappa shape index (κ3) is 4.83. The molecular formula is C24H29ClN2O5S. The average Bonchev–Trinajstić information content (AvgIpc) is 3.33. The van der Waals surface area contributed by atoms with E-state index in [9.17, 15) is 13.2 Å². The number of carbonyl (C=O) groups is 1. The van der Waals surface area contributed by atoms with E-state index in [2.05, 4.69) is 0 Å². The Morgan fingerprint density at radius 1 is 0.970 bits per heavy atom. The first-order valence-electron chi connectivity index (χ1n) is 11.1. The highest BCUT2D eigenvalue weighted by Gasteiger charge is 2.38. The van der Waals surface area contributed by atoms with Gasteiger partial charge >= 0.3 is 0 Å². The molecule has 178 valence electrons. The largest absolute Gasteiger partial charge is 0.497 e. The number of likely N-dealkylation sites (tertiary alicyclic amines) is 1. The third-order valence-electron chi connectivity index (χ3n) is 6.59. The first-order chi connectivity index (χ1) is 15.8. The van der Waals surface area contributed by atoms with E-state index < -0.39 is 10.0 Å². The van der Waals surface area contributed by atoms with E-state index in [0.29, 0.717) is 37.5 Å². The molecule has 0 spiro atoms. The van der Waals surface area contributed by atoms with Gasteiger partial charge in [-0.05, 0) is 68.1 Å². The zero-order valence-corrected chi connectivity index (χ0v) is 20.4. The van der Waals surface area contributed by atoms with Gasteiger partial charge in [-0.1, -0.05) is 11.6 Å². The van der Waals surface area contributed by atoms with Gasteiger partial charge in [0.2, 0.25) is 15.9 Å². The number of rotatable bonds is 6. The average molecular weight is 493 g/mol. The topological polar surface area (TPSA) is 76.2 Å². The van der Waals surface area contributed by atoms with E-state index in [1.54, 1.807) is 26.4 Å². The lowest BCUT2D eigenvalue weighted by molar-refractivity contribution is -0.137. The predicted molar refractivity (Wildman–Crippen MR) is 126 cm³/mol. The van der Waals surface area contributed by atoms with Crippen LogP contribution in [-0.2, 0) is 14.8 Å². The fraction of sp³-hybridized carbons (Fsp3) is 0.458. The summed E-state index contributed by atoms with van der Waals surface area (Å²) in [6.45, 7) is 1.33. The Morgan fingerprint density at radius 2 is 1.67 bits per heavy atom. The third-order valence-corrected chi connectivity index (χ3v) is 8.75. The first kappa shape index (κ1) is 23.9. The van der Waals surface area contributed by atoms with Crippen molar-refractivity contribution in [2.75, 3.05) is 33.9 Å². The van der Waals surface area contributed by atoms with Crippen LogP contribution < -0.4 is 9.47 Å². The molecule has 2 aromatic carbocycles. The standard InChI is InChI=1S/C24H29ClN2O5S/c1-31-19-7-10-23(32-2)21(16-19)22-4-3-13-27(22)24(28)17-11-14-26(15-12-17)33(29,30)20-8-5-18(25)6-9-20/h5-10,16-17,22H,3-4,11-15H2,1-2H3/t22-/m1/s1. The smallest absolute Gasteiger partial charge is 0.243 e. The zero-order chi connectivity index (χ0) is 23.6. The van der Waals surface area contributed by atoms with Crippen molar-refractivity contribution >= 4 is 27.5 Å². The van der Waals surface area contributed by atoms with Crippen LogP contribution in [0.4, 0.5) is 0 Å². The van der Waals surface area contributed by atoms with Crippen LogP contribution in [0, 0.1) is 5.92 Å². The van der Waals surface area contributed by atoms with Gasteiger partial charge in [0, 0.05) is 36.1 Å². The second kappa shape index (κ2) is 9.91. The lowest BCUT2D eigenvalue weighted by Crippen LogP contribution is -2.44. The first-order valence-corrected chi connectivity index (χ1v) is 12.9. The molecule has 1 atom stereocenters. The van der Waals surface area contributed by atoms with E-state index in [4.69, 9.17) is 21.1 Å². The number of benzene rings is 2. The van der Waals surface area contributed by atoms with Crippen LogP contribution >= 0.6 is 11.6 Å². The van der Waals surface area contributed by atoms with Crippen molar-refractivity contribution in [1.82, 2.24) is 9.21 Å². The summed E-state index contributed by atoms with van der Waals surface area (Å²) < 4.78 is 38.3. The van der Waals surface area contributed by atoms with Gasteiger partial charge in [0.1, 0.15) is 11.5 Å². The highest BCUT2D eigenvalue weighted by atomic mass is 35.5. The van der Waals surface area contributed by atoms with Gasteiger partial charge in [-0.25, -0.2) is 8.42 Å². The lowest BCUT2D eigenvalue weighted by Gasteiger charge is -2.34. The Bertz CT molecular complexity index is 1100. The van der Waals surface area contributed by atoms with E-state index in [1.807, 2.05) is 23.1 Å². The van der Waals surface area contributed by atoms with Gasteiger partial charge in [-0.15, -0.1) is 0 Å². The second-order valence-electron chi connectivity index (χ2n) is 8.43. The minimum absolute atomic E-state index is 0.0709. The van der Waals surface area contributed by atoms with Gasteiger partial charge in [-0.3, -0.25) is 4.79 Å². The molecule has 2 fully saturated rings. The highest BCUT2D eigenvalue weighted by Crippen LogP contribution is 2.40. The fourth-order valence-electron chi connectivity index (χ4n) is 4.79. The summed E-state index contributed by atoms with van der Waals surface area (Å²) in [5, 5.41) is 0.492. The minimum Gasteiger partial charge on any atom is -0.497 e. The number of ether oxygens (including phenoxy) is 2. The Kier molecular flexibility index (Phi) is 7.16. The molecule has 0 radical (unpaired) electrons. The van der Waals surface area contributed by atoms with E-state index in [-0.39, 0.29) is 22.8 Å². The molecule has 2 heterocycles. The number of piperidine rings is 1. The molecule has 0 aromatic heterocycles. The van der Waals surface area contributed by atoms with E-state index in [0.717, 1.165) is 29.9 Å². The molecule has 9 heteroatoms. The van der Waals surface area contributed by atoms with Crippen molar-refractivity contribution in [3.05, 3.63) is 53.1 Å². The SMILES string of the molecule is COc1ccc(OC)c([C@H]2CCCN2C(=O)C2CCN(S(=O)(=O)c3ccc(Cl)cc3)CC2)c1. The number of sulfonamides is 1. The summed E-state index contributed by atoms with van der Waals surface area (Å²) in [7, 11) is -0.350. The molecule has 0 bridgehead atoms. The predicted octanol–water partition coefficient (Wildman–Crippen LogP) is 4.12. The molecule has 0 saturated carbocycles. The van der Waals surface area contributed by atoms with Crippen molar-refractivity contribution in [2.45, 2.75) is 36.6 Å². The normalized spacial score (nSPS) is 20.1. The molecule has 2 aromatic rings. The monoisotopic (exact) mass is 492 g/mol. The lowest BCUT2D eigenvalue weighted by atomic mass is 9.95. The Labute approximate surface area is 200 Å². The van der Waals surface area contributed by atoms with Crippen molar-refractivity contribution in [2.24, 2.45) is 5.92 Å². The quantitative estimate of drug-likeness (QED) is 0.606.